The van der Waals surface area contributed by atoms with Crippen LogP contribution in [-0.4, -0.2) is 61.1 Å². The van der Waals surface area contributed by atoms with Crippen LogP contribution in [0.2, 0.25) is 0 Å². The number of hydrogen-bond acceptors (Lipinski definition) is 5. The molecule has 2 fully saturated rings. The Labute approximate surface area is 177 Å². The van der Waals surface area contributed by atoms with E-state index >= 15 is 0 Å². The molecule has 2 aliphatic heterocycles. The zero-order valence-electron chi connectivity index (χ0n) is 18.1. The second kappa shape index (κ2) is 9.36. The molecule has 2 heterocycles. The molecule has 0 spiro atoms. The summed E-state index contributed by atoms with van der Waals surface area (Å²) in [6, 6.07) is 7.89. The molecule has 2 N–H and O–H groups in total. The quantitative estimate of drug-likeness (QED) is 0.782. The molecule has 2 aliphatic rings. The predicted molar refractivity (Wildman–Crippen MR) is 114 cm³/mol. The molecule has 0 saturated carbocycles. The van der Waals surface area contributed by atoms with Gasteiger partial charge in [0, 0.05) is 38.4 Å². The fourth-order valence-electron chi connectivity index (χ4n) is 3.70. The second-order valence-corrected chi connectivity index (χ2v) is 8.92. The SMILES string of the molecule is CC(C)(C)OC(=O)N1CCCC(C(=O)NCc2ccc(N3CCNC(=O)C3)cc2)C1. The van der Waals surface area contributed by atoms with Crippen molar-refractivity contribution in [3.63, 3.8) is 0 Å². The van der Waals surface area contributed by atoms with Crippen molar-refractivity contribution in [1.29, 1.82) is 0 Å². The van der Waals surface area contributed by atoms with Gasteiger partial charge in [-0.25, -0.2) is 4.79 Å². The molecular formula is C22H32N4O4. The van der Waals surface area contributed by atoms with Gasteiger partial charge < -0.3 is 25.2 Å². The van der Waals surface area contributed by atoms with Crippen LogP contribution in [0.4, 0.5) is 10.5 Å². The van der Waals surface area contributed by atoms with Crippen molar-refractivity contribution in [3.05, 3.63) is 29.8 Å². The number of piperazine rings is 1. The Balaban J connectivity index is 1.49. The highest BCUT2D eigenvalue weighted by atomic mass is 16.6. The van der Waals surface area contributed by atoms with Crippen LogP contribution in [0.3, 0.4) is 0 Å². The fourth-order valence-corrected chi connectivity index (χ4v) is 3.70. The summed E-state index contributed by atoms with van der Waals surface area (Å²) in [4.78, 5) is 40.1. The normalized spacial score (nSPS) is 19.8. The molecule has 30 heavy (non-hydrogen) atoms. The van der Waals surface area contributed by atoms with E-state index in [1.807, 2.05) is 49.9 Å². The van der Waals surface area contributed by atoms with E-state index in [2.05, 4.69) is 10.6 Å². The van der Waals surface area contributed by atoms with Gasteiger partial charge in [0.1, 0.15) is 5.60 Å². The van der Waals surface area contributed by atoms with E-state index in [0.29, 0.717) is 32.7 Å². The van der Waals surface area contributed by atoms with E-state index < -0.39 is 5.60 Å². The number of nitrogens with zero attached hydrogens (tertiary/aromatic N) is 2. The lowest BCUT2D eigenvalue weighted by Gasteiger charge is -2.33. The Morgan fingerprint density at radius 3 is 2.60 bits per heavy atom. The Morgan fingerprint density at radius 1 is 1.20 bits per heavy atom. The van der Waals surface area contributed by atoms with Gasteiger partial charge in [0.2, 0.25) is 11.8 Å². The van der Waals surface area contributed by atoms with E-state index in [4.69, 9.17) is 4.74 Å². The zero-order valence-corrected chi connectivity index (χ0v) is 18.1. The van der Waals surface area contributed by atoms with Gasteiger partial charge in [-0.05, 0) is 51.3 Å². The Kier molecular flexibility index (Phi) is 6.84. The molecule has 2 saturated heterocycles. The van der Waals surface area contributed by atoms with Crippen molar-refractivity contribution in [3.8, 4) is 0 Å². The maximum atomic E-state index is 12.6. The number of hydrogen-bond donors (Lipinski definition) is 2. The first kappa shape index (κ1) is 21.9. The van der Waals surface area contributed by atoms with Gasteiger partial charge in [0.05, 0.1) is 12.5 Å². The number of benzene rings is 1. The Bertz CT molecular complexity index is 772. The first-order chi connectivity index (χ1) is 14.2. The summed E-state index contributed by atoms with van der Waals surface area (Å²) in [5.74, 6) is -0.233. The molecule has 1 aromatic carbocycles. The van der Waals surface area contributed by atoms with E-state index in [-0.39, 0.29) is 23.8 Å². The van der Waals surface area contributed by atoms with Crippen molar-refractivity contribution >= 4 is 23.6 Å². The van der Waals surface area contributed by atoms with Gasteiger partial charge in [0.25, 0.3) is 0 Å². The van der Waals surface area contributed by atoms with E-state index in [1.165, 1.54) is 0 Å². The Hall–Kier alpha value is -2.77. The minimum atomic E-state index is -0.545. The number of anilines is 1. The molecule has 1 atom stereocenters. The molecular weight excluding hydrogens is 384 g/mol. The molecule has 3 amide bonds. The average Bonchev–Trinajstić information content (AvgIpc) is 2.71. The highest BCUT2D eigenvalue weighted by Crippen LogP contribution is 2.20. The summed E-state index contributed by atoms with van der Waals surface area (Å²) in [7, 11) is 0. The van der Waals surface area contributed by atoms with Crippen LogP contribution in [0.5, 0.6) is 0 Å². The number of carbonyl (C=O) groups excluding carboxylic acids is 3. The molecule has 0 aromatic heterocycles. The number of nitrogens with one attached hydrogen (secondary N) is 2. The van der Waals surface area contributed by atoms with E-state index in [0.717, 1.165) is 30.6 Å². The van der Waals surface area contributed by atoms with Crippen molar-refractivity contribution < 1.29 is 19.1 Å². The maximum absolute atomic E-state index is 12.6. The topological polar surface area (TPSA) is 91.0 Å². The minimum Gasteiger partial charge on any atom is -0.444 e. The van der Waals surface area contributed by atoms with Gasteiger partial charge in [-0.2, -0.15) is 0 Å². The van der Waals surface area contributed by atoms with Gasteiger partial charge >= 0.3 is 6.09 Å². The molecule has 8 heteroatoms. The highest BCUT2D eigenvalue weighted by molar-refractivity contribution is 5.82. The van der Waals surface area contributed by atoms with Crippen LogP contribution < -0.4 is 15.5 Å². The fraction of sp³-hybridized carbons (Fsp3) is 0.591. The molecule has 164 valence electrons. The first-order valence-corrected chi connectivity index (χ1v) is 10.6. The summed E-state index contributed by atoms with van der Waals surface area (Å²) in [5.41, 5.74) is 1.45. The zero-order chi connectivity index (χ0) is 21.7. The molecule has 8 nitrogen and oxygen atoms in total. The van der Waals surface area contributed by atoms with Crippen LogP contribution in [0.1, 0.15) is 39.2 Å². The summed E-state index contributed by atoms with van der Waals surface area (Å²) >= 11 is 0. The molecule has 1 unspecified atom stereocenters. The maximum Gasteiger partial charge on any atom is 0.410 e. The van der Waals surface area contributed by atoms with Crippen LogP contribution >= 0.6 is 0 Å². The molecule has 0 aliphatic carbocycles. The average molecular weight is 417 g/mol. The predicted octanol–water partition coefficient (Wildman–Crippen LogP) is 1.89. The number of piperidine rings is 1. The van der Waals surface area contributed by atoms with Crippen molar-refractivity contribution in [2.45, 2.75) is 45.8 Å². The standard InChI is InChI=1S/C22H32N4O4/c1-22(2,3)30-21(29)26-11-4-5-17(14-26)20(28)24-13-16-6-8-18(9-7-16)25-12-10-23-19(27)15-25/h6-9,17H,4-5,10-15H2,1-3H3,(H,23,27)(H,24,28). The van der Waals surface area contributed by atoms with E-state index in [1.54, 1.807) is 4.90 Å². The minimum absolute atomic E-state index is 0.0329. The highest BCUT2D eigenvalue weighted by Gasteiger charge is 2.30. The molecule has 0 bridgehead atoms. The molecule has 1 aromatic rings. The number of amides is 3. The summed E-state index contributed by atoms with van der Waals surface area (Å²) in [6.07, 6.45) is 1.19. The molecule has 3 rings (SSSR count). The van der Waals surface area contributed by atoms with Crippen LogP contribution in [0.25, 0.3) is 0 Å². The lowest BCUT2D eigenvalue weighted by Crippen LogP contribution is -2.47. The Morgan fingerprint density at radius 2 is 1.93 bits per heavy atom. The smallest absolute Gasteiger partial charge is 0.410 e. The van der Waals surface area contributed by atoms with Crippen LogP contribution in [-0.2, 0) is 20.9 Å². The lowest BCUT2D eigenvalue weighted by molar-refractivity contribution is -0.126. The number of carbonyl (C=O) groups is 3. The third kappa shape index (κ3) is 6.11. The molecule has 0 radical (unpaired) electrons. The summed E-state index contributed by atoms with van der Waals surface area (Å²) in [5, 5.41) is 5.80. The third-order valence-corrected chi connectivity index (χ3v) is 5.25. The van der Waals surface area contributed by atoms with Crippen molar-refractivity contribution in [2.24, 2.45) is 5.92 Å². The van der Waals surface area contributed by atoms with Crippen LogP contribution in [0, 0.1) is 5.92 Å². The first-order valence-electron chi connectivity index (χ1n) is 10.6. The van der Waals surface area contributed by atoms with Crippen LogP contribution in [0.15, 0.2) is 24.3 Å². The van der Waals surface area contributed by atoms with Crippen molar-refractivity contribution in [1.82, 2.24) is 15.5 Å². The third-order valence-electron chi connectivity index (χ3n) is 5.25. The number of ether oxygens (including phenoxy) is 1. The monoisotopic (exact) mass is 416 g/mol. The number of rotatable bonds is 4. The van der Waals surface area contributed by atoms with Gasteiger partial charge in [-0.15, -0.1) is 0 Å². The second-order valence-electron chi connectivity index (χ2n) is 8.92. The summed E-state index contributed by atoms with van der Waals surface area (Å²) in [6.45, 7) is 8.76. The van der Waals surface area contributed by atoms with Gasteiger partial charge in [0.15, 0.2) is 0 Å². The number of likely N-dealkylation sites (tertiary alicyclic amines) is 1. The van der Waals surface area contributed by atoms with Gasteiger partial charge in [-0.1, -0.05) is 12.1 Å². The van der Waals surface area contributed by atoms with Crippen molar-refractivity contribution in [2.75, 3.05) is 37.6 Å². The lowest BCUT2D eigenvalue weighted by atomic mass is 9.97. The van der Waals surface area contributed by atoms with Gasteiger partial charge in [-0.3, -0.25) is 9.59 Å². The summed E-state index contributed by atoms with van der Waals surface area (Å²) < 4.78 is 5.43. The largest absolute Gasteiger partial charge is 0.444 e. The van der Waals surface area contributed by atoms with E-state index in [9.17, 15) is 14.4 Å².